The molecule has 0 heterocycles. The van der Waals surface area contributed by atoms with Crippen molar-refractivity contribution in [3.63, 3.8) is 0 Å². The van der Waals surface area contributed by atoms with Crippen molar-refractivity contribution in [2.75, 3.05) is 10.6 Å². The Balaban J connectivity index is 1.91. The summed E-state index contributed by atoms with van der Waals surface area (Å²) < 4.78 is 0. The quantitative estimate of drug-likeness (QED) is 0.865. The van der Waals surface area contributed by atoms with E-state index in [2.05, 4.69) is 23.6 Å². The third-order valence-corrected chi connectivity index (χ3v) is 3.46. The van der Waals surface area contributed by atoms with Gasteiger partial charge in [-0.2, -0.15) is 0 Å². The lowest BCUT2D eigenvalue weighted by Crippen LogP contribution is -2.24. The Morgan fingerprint density at radius 3 is 2.05 bits per heavy atom. The smallest absolute Gasteiger partial charge is 0.226 e. The second-order valence-electron chi connectivity index (χ2n) is 5.43. The van der Waals surface area contributed by atoms with E-state index in [-0.39, 0.29) is 11.9 Å². The van der Waals surface area contributed by atoms with Crippen molar-refractivity contribution in [2.45, 2.75) is 33.2 Å². The molecule has 0 saturated carbocycles. The molecule has 3 nitrogen and oxygen atoms in total. The highest BCUT2D eigenvalue weighted by Gasteiger charge is 2.10. The van der Waals surface area contributed by atoms with E-state index in [0.717, 1.165) is 16.9 Å². The van der Waals surface area contributed by atoms with Crippen molar-refractivity contribution in [1.82, 2.24) is 0 Å². The predicted octanol–water partition coefficient (Wildman–Crippen LogP) is 4.13. The number of rotatable bonds is 5. The van der Waals surface area contributed by atoms with Gasteiger partial charge in [-0.3, -0.25) is 4.79 Å². The highest BCUT2D eigenvalue weighted by atomic mass is 16.1. The van der Waals surface area contributed by atoms with Crippen LogP contribution in [-0.4, -0.2) is 11.9 Å². The van der Waals surface area contributed by atoms with Crippen LogP contribution < -0.4 is 10.6 Å². The molecule has 2 aromatic rings. The maximum absolute atomic E-state index is 12.1. The van der Waals surface area contributed by atoms with Crippen LogP contribution in [0.25, 0.3) is 0 Å². The maximum Gasteiger partial charge on any atom is 0.226 e. The lowest BCUT2D eigenvalue weighted by Gasteiger charge is -2.17. The molecule has 0 spiro atoms. The van der Waals surface area contributed by atoms with Gasteiger partial charge in [-0.25, -0.2) is 0 Å². The monoisotopic (exact) mass is 282 g/mol. The zero-order valence-electron chi connectivity index (χ0n) is 12.8. The number of nitrogens with one attached hydrogen (secondary N) is 2. The van der Waals surface area contributed by atoms with Crippen LogP contribution in [0.3, 0.4) is 0 Å². The van der Waals surface area contributed by atoms with E-state index < -0.39 is 0 Å². The van der Waals surface area contributed by atoms with Crippen LogP contribution in [0.5, 0.6) is 0 Å². The number of aryl methyl sites for hydroxylation is 2. The van der Waals surface area contributed by atoms with Crippen molar-refractivity contribution >= 4 is 17.3 Å². The minimum atomic E-state index is 0.0258. The number of para-hydroxylation sites is 2. The molecule has 2 aromatic carbocycles. The van der Waals surface area contributed by atoms with Gasteiger partial charge in [0.1, 0.15) is 0 Å². The number of amides is 1. The van der Waals surface area contributed by atoms with Crippen LogP contribution >= 0.6 is 0 Å². The Labute approximate surface area is 126 Å². The van der Waals surface area contributed by atoms with Crippen LogP contribution in [0.4, 0.5) is 11.4 Å². The molecule has 0 aliphatic carbocycles. The number of hydrogen-bond acceptors (Lipinski definition) is 2. The molecule has 0 radical (unpaired) electrons. The van der Waals surface area contributed by atoms with Gasteiger partial charge in [0.25, 0.3) is 0 Å². The number of carbonyl (C=O) groups is 1. The first-order valence-corrected chi connectivity index (χ1v) is 7.24. The second kappa shape index (κ2) is 6.93. The summed E-state index contributed by atoms with van der Waals surface area (Å²) in [4.78, 5) is 12.1. The molecule has 2 rings (SSSR count). The fraction of sp³-hybridized carbons (Fsp3) is 0.278. The van der Waals surface area contributed by atoms with E-state index in [9.17, 15) is 4.79 Å². The van der Waals surface area contributed by atoms with Crippen molar-refractivity contribution in [2.24, 2.45) is 0 Å². The zero-order chi connectivity index (χ0) is 15.2. The summed E-state index contributed by atoms with van der Waals surface area (Å²) >= 11 is 0. The Bertz CT molecular complexity index is 622. The first-order chi connectivity index (χ1) is 10.1. The van der Waals surface area contributed by atoms with Crippen molar-refractivity contribution < 1.29 is 4.79 Å². The third-order valence-electron chi connectivity index (χ3n) is 3.46. The van der Waals surface area contributed by atoms with Gasteiger partial charge < -0.3 is 10.6 Å². The van der Waals surface area contributed by atoms with E-state index in [1.807, 2.05) is 56.3 Å². The van der Waals surface area contributed by atoms with Crippen molar-refractivity contribution in [1.29, 1.82) is 0 Å². The number of carbonyl (C=O) groups excluding carboxylic acids is 1. The molecular weight excluding hydrogens is 260 g/mol. The molecule has 0 aliphatic rings. The molecule has 1 amide bonds. The fourth-order valence-electron chi connectivity index (χ4n) is 2.24. The third kappa shape index (κ3) is 4.35. The van der Waals surface area contributed by atoms with Gasteiger partial charge in [-0.1, -0.05) is 36.4 Å². The summed E-state index contributed by atoms with van der Waals surface area (Å²) in [5.74, 6) is 0.0258. The molecule has 2 N–H and O–H groups in total. The Kier molecular flexibility index (Phi) is 4.99. The molecule has 21 heavy (non-hydrogen) atoms. The van der Waals surface area contributed by atoms with E-state index in [1.165, 1.54) is 5.56 Å². The minimum Gasteiger partial charge on any atom is -0.382 e. The van der Waals surface area contributed by atoms with Crippen molar-refractivity contribution in [3.05, 3.63) is 59.7 Å². The standard InChI is InChI=1S/C18H22N2O/c1-13-8-4-6-10-16(13)19-15(3)12-18(21)20-17-11-7-5-9-14(17)2/h4-11,15,19H,12H2,1-3H3,(H,20,21). The van der Waals surface area contributed by atoms with Gasteiger partial charge in [0.05, 0.1) is 0 Å². The highest BCUT2D eigenvalue weighted by Crippen LogP contribution is 2.17. The number of hydrogen-bond donors (Lipinski definition) is 2. The predicted molar refractivity (Wildman–Crippen MR) is 88.7 cm³/mol. The largest absolute Gasteiger partial charge is 0.382 e. The molecule has 1 unspecified atom stereocenters. The summed E-state index contributed by atoms with van der Waals surface area (Å²) in [6.45, 7) is 6.07. The Morgan fingerprint density at radius 2 is 1.48 bits per heavy atom. The van der Waals surface area contributed by atoms with Crippen LogP contribution in [0.15, 0.2) is 48.5 Å². The van der Waals surface area contributed by atoms with E-state index in [0.29, 0.717) is 6.42 Å². The molecular formula is C18H22N2O. The molecule has 0 fully saturated rings. The Hall–Kier alpha value is -2.29. The maximum atomic E-state index is 12.1. The Morgan fingerprint density at radius 1 is 0.952 bits per heavy atom. The summed E-state index contributed by atoms with van der Waals surface area (Å²) in [7, 11) is 0. The van der Waals surface area contributed by atoms with E-state index >= 15 is 0 Å². The zero-order valence-corrected chi connectivity index (χ0v) is 12.8. The average Bonchev–Trinajstić information content (AvgIpc) is 2.44. The van der Waals surface area contributed by atoms with Gasteiger partial charge in [0, 0.05) is 23.8 Å². The second-order valence-corrected chi connectivity index (χ2v) is 5.43. The molecule has 0 aromatic heterocycles. The minimum absolute atomic E-state index is 0.0258. The molecule has 0 aliphatic heterocycles. The number of benzene rings is 2. The lowest BCUT2D eigenvalue weighted by atomic mass is 10.1. The molecule has 3 heteroatoms. The first-order valence-electron chi connectivity index (χ1n) is 7.24. The lowest BCUT2D eigenvalue weighted by molar-refractivity contribution is -0.116. The summed E-state index contributed by atoms with van der Waals surface area (Å²) in [6, 6.07) is 16.0. The van der Waals surface area contributed by atoms with E-state index in [1.54, 1.807) is 0 Å². The number of anilines is 2. The molecule has 0 saturated heterocycles. The topological polar surface area (TPSA) is 41.1 Å². The average molecular weight is 282 g/mol. The van der Waals surface area contributed by atoms with Crippen molar-refractivity contribution in [3.8, 4) is 0 Å². The van der Waals surface area contributed by atoms with Crippen LogP contribution in [0, 0.1) is 13.8 Å². The van der Waals surface area contributed by atoms with Gasteiger partial charge in [-0.15, -0.1) is 0 Å². The van der Waals surface area contributed by atoms with Crippen LogP contribution in [0.1, 0.15) is 24.5 Å². The van der Waals surface area contributed by atoms with E-state index in [4.69, 9.17) is 0 Å². The van der Waals surface area contributed by atoms with Gasteiger partial charge in [0.2, 0.25) is 5.91 Å². The summed E-state index contributed by atoms with van der Waals surface area (Å²) in [5.41, 5.74) is 4.22. The summed E-state index contributed by atoms with van der Waals surface area (Å²) in [5, 5.41) is 6.34. The molecule has 1 atom stereocenters. The fourth-order valence-corrected chi connectivity index (χ4v) is 2.24. The van der Waals surface area contributed by atoms with Gasteiger partial charge >= 0.3 is 0 Å². The first kappa shape index (κ1) is 15.1. The summed E-state index contributed by atoms with van der Waals surface area (Å²) in [6.07, 6.45) is 0.433. The highest BCUT2D eigenvalue weighted by molar-refractivity contribution is 5.92. The SMILES string of the molecule is Cc1ccccc1NC(=O)CC(C)Nc1ccccc1C. The van der Waals surface area contributed by atoms with Gasteiger partial charge in [-0.05, 0) is 44.0 Å². The van der Waals surface area contributed by atoms with Crippen LogP contribution in [-0.2, 0) is 4.79 Å². The molecule has 0 bridgehead atoms. The van der Waals surface area contributed by atoms with Gasteiger partial charge in [0.15, 0.2) is 0 Å². The molecule has 110 valence electrons. The normalized spacial score (nSPS) is 11.8. The van der Waals surface area contributed by atoms with Crippen LogP contribution in [0.2, 0.25) is 0 Å².